The summed E-state index contributed by atoms with van der Waals surface area (Å²) < 4.78 is 2.09. The van der Waals surface area contributed by atoms with Crippen LogP contribution in [0.25, 0.3) is 10.9 Å². The number of hydrogen-bond acceptors (Lipinski definition) is 5. The number of hydrogen-bond donors (Lipinski definition) is 3. The molecule has 1 aromatic carbocycles. The summed E-state index contributed by atoms with van der Waals surface area (Å²) in [5.41, 5.74) is 3.37. The molecule has 2 heterocycles. The zero-order chi connectivity index (χ0) is 25.8. The van der Waals surface area contributed by atoms with Gasteiger partial charge in [-0.05, 0) is 57.0 Å². The van der Waals surface area contributed by atoms with E-state index in [0.717, 1.165) is 74.0 Å². The van der Waals surface area contributed by atoms with E-state index < -0.39 is 0 Å². The van der Waals surface area contributed by atoms with Gasteiger partial charge in [0.15, 0.2) is 5.75 Å². The van der Waals surface area contributed by atoms with Gasteiger partial charge < -0.3 is 20.3 Å². The third kappa shape index (κ3) is 9.51. The van der Waals surface area contributed by atoms with Gasteiger partial charge in [0.1, 0.15) is 0 Å². The van der Waals surface area contributed by atoms with Gasteiger partial charge in [0, 0.05) is 53.7 Å². The molecule has 3 rings (SSSR count). The summed E-state index contributed by atoms with van der Waals surface area (Å²) in [6.45, 7) is 7.32. The van der Waals surface area contributed by atoms with Gasteiger partial charge in [-0.1, -0.05) is 57.0 Å². The van der Waals surface area contributed by atoms with Crippen LogP contribution in [-0.2, 0) is 13.1 Å². The molecule has 0 amide bonds. The first-order valence-electron chi connectivity index (χ1n) is 13.4. The van der Waals surface area contributed by atoms with Gasteiger partial charge in [0.25, 0.3) is 0 Å². The summed E-state index contributed by atoms with van der Waals surface area (Å²) in [7, 11) is 0. The number of anilines is 1. The van der Waals surface area contributed by atoms with Gasteiger partial charge in [-0.2, -0.15) is 0 Å². The number of aromatic nitrogens is 2. The van der Waals surface area contributed by atoms with E-state index in [9.17, 15) is 9.90 Å². The number of aryl methyl sites for hydroxylation is 1. The van der Waals surface area contributed by atoms with Gasteiger partial charge in [-0.15, -0.1) is 12.4 Å². The molecule has 2 aromatic heterocycles. The summed E-state index contributed by atoms with van der Waals surface area (Å²) in [5, 5.41) is 19.1. The highest BCUT2D eigenvalue weighted by molar-refractivity contribution is 6.31. The van der Waals surface area contributed by atoms with Gasteiger partial charge >= 0.3 is 0 Å². The third-order valence-corrected chi connectivity index (χ3v) is 6.91. The van der Waals surface area contributed by atoms with Crippen molar-refractivity contribution >= 4 is 40.6 Å². The maximum Gasteiger partial charge on any atom is 0.223 e. The summed E-state index contributed by atoms with van der Waals surface area (Å²) in [5.74, 6) is -0.109. The van der Waals surface area contributed by atoms with Crippen molar-refractivity contribution in [2.24, 2.45) is 0 Å². The number of nitrogens with one attached hydrogen (secondary N) is 2. The highest BCUT2D eigenvalue weighted by atomic mass is 35.5. The Bertz CT molecular complexity index is 1170. The van der Waals surface area contributed by atoms with E-state index >= 15 is 0 Å². The van der Waals surface area contributed by atoms with Crippen LogP contribution >= 0.6 is 24.0 Å². The van der Waals surface area contributed by atoms with E-state index in [1.807, 2.05) is 37.4 Å². The number of unbranched alkanes of at least 4 members (excludes halogenated alkanes) is 7. The van der Waals surface area contributed by atoms with Crippen molar-refractivity contribution in [1.82, 2.24) is 14.9 Å². The summed E-state index contributed by atoms with van der Waals surface area (Å²) in [4.78, 5) is 16.5. The van der Waals surface area contributed by atoms with Crippen molar-refractivity contribution in [2.45, 2.75) is 84.7 Å². The molecular weight excluding hydrogens is 507 g/mol. The lowest BCUT2D eigenvalue weighted by atomic mass is 10.1. The van der Waals surface area contributed by atoms with Crippen molar-refractivity contribution < 1.29 is 5.11 Å². The zero-order valence-corrected chi connectivity index (χ0v) is 23.8. The number of fused-ring (bicyclic) bond motifs is 1. The van der Waals surface area contributed by atoms with Crippen LogP contribution in [0.4, 0.5) is 5.69 Å². The Morgan fingerprint density at radius 3 is 2.46 bits per heavy atom. The van der Waals surface area contributed by atoms with Crippen LogP contribution in [0, 0.1) is 6.92 Å². The van der Waals surface area contributed by atoms with Crippen LogP contribution in [-0.4, -0.2) is 27.7 Å². The Balaban J connectivity index is 0.00000481. The predicted molar refractivity (Wildman–Crippen MR) is 159 cm³/mol. The van der Waals surface area contributed by atoms with Crippen molar-refractivity contribution in [3.05, 3.63) is 63.2 Å². The second-order valence-corrected chi connectivity index (χ2v) is 9.99. The minimum Gasteiger partial charge on any atom is -0.503 e. The monoisotopic (exact) mass is 548 g/mol. The van der Waals surface area contributed by atoms with Crippen molar-refractivity contribution in [1.29, 1.82) is 0 Å². The standard InChI is InChI=1S/C29H41ClN4O2.ClH/c1-3-4-11-18-34-22(2)19-28(35)29(36)27(34)21-31-15-9-7-5-6-8-10-16-32-25-14-17-33-26-20-23(30)12-13-24(25)26;/h12-14,17,19-20,31,36H,3-11,15-16,18,21H2,1-2H3,(H,32,33);1H. The lowest BCUT2D eigenvalue weighted by Crippen LogP contribution is -2.23. The lowest BCUT2D eigenvalue weighted by Gasteiger charge is -2.18. The molecule has 0 spiro atoms. The van der Waals surface area contributed by atoms with Gasteiger partial charge in [-0.25, -0.2) is 0 Å². The molecule has 0 atom stereocenters. The molecule has 37 heavy (non-hydrogen) atoms. The molecular formula is C29H42Cl2N4O2. The predicted octanol–water partition coefficient (Wildman–Crippen LogP) is 7.22. The summed E-state index contributed by atoms with van der Waals surface area (Å²) >= 11 is 6.07. The van der Waals surface area contributed by atoms with Gasteiger partial charge in [0.2, 0.25) is 5.43 Å². The highest BCUT2D eigenvalue weighted by Crippen LogP contribution is 2.24. The summed E-state index contributed by atoms with van der Waals surface area (Å²) in [6.07, 6.45) is 12.2. The normalized spacial score (nSPS) is 11.0. The number of pyridine rings is 2. The minimum absolute atomic E-state index is 0. The largest absolute Gasteiger partial charge is 0.503 e. The fourth-order valence-electron chi connectivity index (χ4n) is 4.62. The third-order valence-electron chi connectivity index (χ3n) is 6.68. The average molecular weight is 550 g/mol. The Morgan fingerprint density at radius 1 is 0.973 bits per heavy atom. The maximum absolute atomic E-state index is 12.1. The Labute approximate surface area is 232 Å². The summed E-state index contributed by atoms with van der Waals surface area (Å²) in [6, 6.07) is 9.38. The molecule has 8 heteroatoms. The number of aromatic hydroxyl groups is 1. The molecule has 0 bridgehead atoms. The molecule has 0 aliphatic heterocycles. The SMILES string of the molecule is CCCCCn1c(C)cc(=O)c(O)c1CNCCCCCCCCNc1ccnc2cc(Cl)ccc12.Cl. The topological polar surface area (TPSA) is 79.2 Å². The molecule has 6 nitrogen and oxygen atoms in total. The number of benzene rings is 1. The highest BCUT2D eigenvalue weighted by Gasteiger charge is 2.12. The van der Waals surface area contributed by atoms with Crippen LogP contribution in [0.3, 0.4) is 0 Å². The fourth-order valence-corrected chi connectivity index (χ4v) is 4.78. The minimum atomic E-state index is -0.285. The number of nitrogens with zero attached hydrogens (tertiary/aromatic N) is 2. The van der Waals surface area contributed by atoms with Gasteiger partial charge in [0.05, 0.1) is 11.2 Å². The molecule has 204 valence electrons. The van der Waals surface area contributed by atoms with Crippen LogP contribution in [0.5, 0.6) is 5.75 Å². The lowest BCUT2D eigenvalue weighted by molar-refractivity contribution is 0.434. The molecule has 0 saturated carbocycles. The van der Waals surface area contributed by atoms with E-state index in [2.05, 4.69) is 27.1 Å². The van der Waals surface area contributed by atoms with E-state index in [-0.39, 0.29) is 23.6 Å². The first-order chi connectivity index (χ1) is 17.5. The molecule has 0 fully saturated rings. The molecule has 0 aliphatic rings. The average Bonchev–Trinajstić information content (AvgIpc) is 2.86. The van der Waals surface area contributed by atoms with Crippen molar-refractivity contribution in [3.63, 3.8) is 0 Å². The first kappa shape index (κ1) is 30.9. The number of halogens is 2. The maximum atomic E-state index is 12.1. The van der Waals surface area contributed by atoms with E-state index in [1.165, 1.54) is 31.7 Å². The number of rotatable bonds is 16. The molecule has 3 aromatic rings. The zero-order valence-electron chi connectivity index (χ0n) is 22.2. The Kier molecular flexibility index (Phi) is 13.8. The Hall–Kier alpha value is -2.28. The van der Waals surface area contributed by atoms with Gasteiger partial charge in [-0.3, -0.25) is 9.78 Å². The quantitative estimate of drug-likeness (QED) is 0.165. The van der Waals surface area contributed by atoms with Crippen molar-refractivity contribution in [3.8, 4) is 5.75 Å². The van der Waals surface area contributed by atoms with Crippen LogP contribution in [0.15, 0.2) is 41.3 Å². The second-order valence-electron chi connectivity index (χ2n) is 9.55. The first-order valence-corrected chi connectivity index (χ1v) is 13.8. The molecule has 0 radical (unpaired) electrons. The Morgan fingerprint density at radius 2 is 1.70 bits per heavy atom. The van der Waals surface area contributed by atoms with Crippen LogP contribution < -0.4 is 16.1 Å². The fraction of sp³-hybridized carbons (Fsp3) is 0.517. The van der Waals surface area contributed by atoms with E-state index in [1.54, 1.807) is 0 Å². The van der Waals surface area contributed by atoms with Crippen LogP contribution in [0.2, 0.25) is 5.02 Å². The van der Waals surface area contributed by atoms with E-state index in [0.29, 0.717) is 17.3 Å². The smallest absolute Gasteiger partial charge is 0.223 e. The molecule has 0 aliphatic carbocycles. The van der Waals surface area contributed by atoms with Crippen molar-refractivity contribution in [2.75, 3.05) is 18.4 Å². The molecule has 0 saturated heterocycles. The van der Waals surface area contributed by atoms with Crippen LogP contribution in [0.1, 0.15) is 76.1 Å². The molecule has 3 N–H and O–H groups in total. The second kappa shape index (κ2) is 16.5. The molecule has 0 unspecified atom stereocenters. The van der Waals surface area contributed by atoms with E-state index in [4.69, 9.17) is 11.6 Å².